The predicted molar refractivity (Wildman–Crippen MR) is 65.4 cm³/mol. The Bertz CT molecular complexity index is 448. The van der Waals surface area contributed by atoms with Gasteiger partial charge in [0.2, 0.25) is 5.91 Å². The summed E-state index contributed by atoms with van der Waals surface area (Å²) in [7, 11) is 0. The number of aromatic nitrogens is 1. The van der Waals surface area contributed by atoms with E-state index in [4.69, 9.17) is 5.73 Å². The average molecular weight is 276 g/mol. The highest BCUT2D eigenvalue weighted by Gasteiger charge is 2.32. The number of nitrogens with zero attached hydrogens (tertiary/aromatic N) is 1. The number of halogens is 3. The smallest absolute Gasteiger partial charge is 0.396 e. The largest absolute Gasteiger partial charge is 0.433 e. The fourth-order valence-corrected chi connectivity index (χ4v) is 1.28. The molecule has 0 aliphatic heterocycles. The van der Waals surface area contributed by atoms with Crippen molar-refractivity contribution in [2.75, 3.05) is 24.1 Å². The lowest BCUT2D eigenvalue weighted by Gasteiger charge is -2.12. The number of anilines is 2. The number of pyridine rings is 1. The van der Waals surface area contributed by atoms with E-state index in [-0.39, 0.29) is 23.8 Å². The molecule has 1 aromatic rings. The van der Waals surface area contributed by atoms with Crippen LogP contribution in [-0.2, 0) is 11.0 Å². The number of rotatable bonds is 5. The van der Waals surface area contributed by atoms with Crippen LogP contribution < -0.4 is 16.4 Å². The zero-order valence-corrected chi connectivity index (χ0v) is 10.3. The van der Waals surface area contributed by atoms with Crippen LogP contribution in [0.1, 0.15) is 19.0 Å². The van der Waals surface area contributed by atoms with E-state index in [2.05, 4.69) is 15.6 Å². The van der Waals surface area contributed by atoms with E-state index in [1.54, 1.807) is 0 Å². The first-order chi connectivity index (χ1) is 8.84. The van der Waals surface area contributed by atoms with Crippen molar-refractivity contribution in [2.24, 2.45) is 0 Å². The van der Waals surface area contributed by atoms with Crippen molar-refractivity contribution in [1.82, 2.24) is 10.3 Å². The molecule has 0 aliphatic carbocycles. The van der Waals surface area contributed by atoms with Gasteiger partial charge < -0.3 is 16.4 Å². The van der Waals surface area contributed by atoms with Gasteiger partial charge >= 0.3 is 6.18 Å². The summed E-state index contributed by atoms with van der Waals surface area (Å²) in [6.45, 7) is 2.26. The van der Waals surface area contributed by atoms with Gasteiger partial charge in [-0.1, -0.05) is 6.92 Å². The lowest BCUT2D eigenvalue weighted by Crippen LogP contribution is -2.30. The van der Waals surface area contributed by atoms with Crippen molar-refractivity contribution in [3.63, 3.8) is 0 Å². The Balaban J connectivity index is 2.70. The van der Waals surface area contributed by atoms with Gasteiger partial charge in [0, 0.05) is 6.54 Å². The number of carbonyl (C=O) groups excluding carboxylic acids is 1. The Morgan fingerprint density at radius 1 is 1.47 bits per heavy atom. The van der Waals surface area contributed by atoms with Crippen molar-refractivity contribution in [3.8, 4) is 0 Å². The van der Waals surface area contributed by atoms with Crippen molar-refractivity contribution in [3.05, 3.63) is 18.0 Å². The molecule has 5 nitrogen and oxygen atoms in total. The number of nitrogens with two attached hydrogens (primary N) is 1. The highest BCUT2D eigenvalue weighted by atomic mass is 19.4. The molecule has 1 rings (SSSR count). The minimum Gasteiger partial charge on any atom is -0.396 e. The van der Waals surface area contributed by atoms with Crippen molar-refractivity contribution in [2.45, 2.75) is 19.5 Å². The second-order valence-corrected chi connectivity index (χ2v) is 3.86. The number of nitrogens with one attached hydrogen (secondary N) is 2. The maximum Gasteiger partial charge on any atom is 0.433 e. The number of alkyl halides is 3. The number of hydrogen-bond donors (Lipinski definition) is 3. The van der Waals surface area contributed by atoms with Crippen LogP contribution in [0.25, 0.3) is 0 Å². The van der Waals surface area contributed by atoms with E-state index < -0.39 is 11.9 Å². The summed E-state index contributed by atoms with van der Waals surface area (Å²) >= 11 is 0. The van der Waals surface area contributed by atoms with Gasteiger partial charge in [-0.05, 0) is 12.5 Å². The molecule has 0 fully saturated rings. The Morgan fingerprint density at radius 3 is 2.74 bits per heavy atom. The van der Waals surface area contributed by atoms with Gasteiger partial charge in [-0.15, -0.1) is 0 Å². The maximum absolute atomic E-state index is 12.5. The molecule has 1 heterocycles. The third-order valence-corrected chi connectivity index (χ3v) is 2.24. The Labute approximate surface area is 108 Å². The van der Waals surface area contributed by atoms with E-state index in [0.717, 1.165) is 18.7 Å². The lowest BCUT2D eigenvalue weighted by molar-refractivity contribution is -0.141. The molecular formula is C11H15F3N4O. The van der Waals surface area contributed by atoms with Crippen molar-refractivity contribution in [1.29, 1.82) is 0 Å². The van der Waals surface area contributed by atoms with Gasteiger partial charge in [0.1, 0.15) is 5.69 Å². The van der Waals surface area contributed by atoms with Crippen LogP contribution in [0.15, 0.2) is 12.3 Å². The molecule has 8 heteroatoms. The van der Waals surface area contributed by atoms with E-state index >= 15 is 0 Å². The molecule has 0 atom stereocenters. The summed E-state index contributed by atoms with van der Waals surface area (Å²) in [5.74, 6) is -0.313. The van der Waals surface area contributed by atoms with Gasteiger partial charge in [0.25, 0.3) is 0 Å². The summed E-state index contributed by atoms with van der Waals surface area (Å²) in [5.41, 5.74) is 4.53. The molecule has 1 amide bonds. The zero-order chi connectivity index (χ0) is 14.5. The molecule has 0 saturated carbocycles. The summed E-state index contributed by atoms with van der Waals surface area (Å²) in [4.78, 5) is 14.5. The molecule has 1 aromatic heterocycles. The normalized spacial score (nSPS) is 11.2. The SMILES string of the molecule is CCCNC(=O)CNc1cc(C(F)(F)F)ncc1N. The van der Waals surface area contributed by atoms with Crippen LogP contribution in [-0.4, -0.2) is 24.0 Å². The van der Waals surface area contributed by atoms with Gasteiger partial charge in [0.15, 0.2) is 0 Å². The van der Waals surface area contributed by atoms with E-state index in [1.165, 1.54) is 0 Å². The minimum atomic E-state index is -4.55. The molecule has 0 unspecified atom stereocenters. The zero-order valence-electron chi connectivity index (χ0n) is 10.3. The first-order valence-electron chi connectivity index (χ1n) is 5.68. The fraction of sp³-hybridized carbons (Fsp3) is 0.455. The number of nitrogen functional groups attached to an aromatic ring is 1. The highest BCUT2D eigenvalue weighted by Crippen LogP contribution is 2.30. The molecule has 4 N–H and O–H groups in total. The molecule has 0 spiro atoms. The van der Waals surface area contributed by atoms with Crippen LogP contribution in [0.4, 0.5) is 24.5 Å². The van der Waals surface area contributed by atoms with Crippen LogP contribution in [0, 0.1) is 0 Å². The second kappa shape index (κ2) is 6.26. The first kappa shape index (κ1) is 15.1. The first-order valence-corrected chi connectivity index (χ1v) is 5.68. The highest BCUT2D eigenvalue weighted by molar-refractivity contribution is 5.82. The number of hydrogen-bond acceptors (Lipinski definition) is 4. The van der Waals surface area contributed by atoms with E-state index in [1.807, 2.05) is 6.92 Å². The van der Waals surface area contributed by atoms with Crippen molar-refractivity contribution < 1.29 is 18.0 Å². The van der Waals surface area contributed by atoms with Crippen LogP contribution in [0.5, 0.6) is 0 Å². The Kier molecular flexibility index (Phi) is 4.96. The third kappa shape index (κ3) is 4.65. The van der Waals surface area contributed by atoms with Crippen LogP contribution in [0.3, 0.4) is 0 Å². The summed E-state index contributed by atoms with van der Waals surface area (Å²) in [5, 5.41) is 5.14. The van der Waals surface area contributed by atoms with E-state index in [0.29, 0.717) is 6.54 Å². The molecule has 0 saturated heterocycles. The molecule has 106 valence electrons. The summed E-state index contributed by atoms with van der Waals surface area (Å²) in [6, 6.07) is 0.780. The quantitative estimate of drug-likeness (QED) is 0.763. The molecule has 0 aliphatic rings. The summed E-state index contributed by atoms with van der Waals surface area (Å²) in [6.07, 6.45) is -2.86. The van der Waals surface area contributed by atoms with Gasteiger partial charge in [0.05, 0.1) is 24.1 Å². The Hall–Kier alpha value is -1.99. The monoisotopic (exact) mass is 276 g/mol. The Morgan fingerprint density at radius 2 is 2.16 bits per heavy atom. The number of carbonyl (C=O) groups is 1. The topological polar surface area (TPSA) is 80.0 Å². The molecule has 19 heavy (non-hydrogen) atoms. The second-order valence-electron chi connectivity index (χ2n) is 3.86. The maximum atomic E-state index is 12.5. The molecule has 0 radical (unpaired) electrons. The van der Waals surface area contributed by atoms with Crippen LogP contribution in [0.2, 0.25) is 0 Å². The fourth-order valence-electron chi connectivity index (χ4n) is 1.28. The van der Waals surface area contributed by atoms with Crippen molar-refractivity contribution >= 4 is 17.3 Å². The third-order valence-electron chi connectivity index (χ3n) is 2.24. The van der Waals surface area contributed by atoms with Gasteiger partial charge in [-0.2, -0.15) is 13.2 Å². The van der Waals surface area contributed by atoms with E-state index in [9.17, 15) is 18.0 Å². The standard InChI is InChI=1S/C11H15F3N4O/c1-2-3-16-10(19)6-17-8-4-9(11(12,13)14)18-5-7(8)15/h4-5H,2-3,6,15H2,1H3,(H,16,19)(H,17,18). The minimum absolute atomic E-state index is 0.0361. The lowest BCUT2D eigenvalue weighted by atomic mass is 10.2. The van der Waals surface area contributed by atoms with Gasteiger partial charge in [-0.25, -0.2) is 4.98 Å². The average Bonchev–Trinajstić information content (AvgIpc) is 2.33. The molecular weight excluding hydrogens is 261 g/mol. The molecule has 0 bridgehead atoms. The van der Waals surface area contributed by atoms with Crippen LogP contribution >= 0.6 is 0 Å². The molecule has 0 aromatic carbocycles. The number of amides is 1. The summed E-state index contributed by atoms with van der Waals surface area (Å²) < 4.78 is 37.4. The van der Waals surface area contributed by atoms with Gasteiger partial charge in [-0.3, -0.25) is 4.79 Å². The predicted octanol–water partition coefficient (Wildman–Crippen LogP) is 1.62.